The van der Waals surface area contributed by atoms with E-state index < -0.39 is 10.1 Å². The van der Waals surface area contributed by atoms with Crippen molar-refractivity contribution < 1.29 is 17.5 Å². The normalized spacial score (nSPS) is 12.5. The van der Waals surface area contributed by atoms with Crippen LogP contribution in [0.25, 0.3) is 0 Å². The number of rotatable bonds is 4. The molecule has 0 saturated carbocycles. The van der Waals surface area contributed by atoms with E-state index in [-0.39, 0.29) is 5.75 Å². The van der Waals surface area contributed by atoms with Crippen molar-refractivity contribution in [1.82, 2.24) is 0 Å². The largest absolute Gasteiger partial charge is 0.317 e. The number of quaternary nitrogens is 1. The van der Waals surface area contributed by atoms with Gasteiger partial charge in [0.15, 0.2) is 0 Å². The summed E-state index contributed by atoms with van der Waals surface area (Å²) in [6.07, 6.45) is 5.08. The van der Waals surface area contributed by atoms with Crippen LogP contribution in [-0.4, -0.2) is 50.4 Å². The van der Waals surface area contributed by atoms with Crippen molar-refractivity contribution in [2.45, 2.75) is 0 Å². The summed E-state index contributed by atoms with van der Waals surface area (Å²) in [5.74, 6) is 2.19. The molecule has 1 N–H and O–H groups in total. The van der Waals surface area contributed by atoms with Crippen LogP contribution in [0, 0.1) is 12.3 Å². The van der Waals surface area contributed by atoms with E-state index in [4.69, 9.17) is 11.0 Å². The summed E-state index contributed by atoms with van der Waals surface area (Å²) >= 11 is 0. The van der Waals surface area contributed by atoms with Crippen molar-refractivity contribution >= 4 is 10.1 Å². The Morgan fingerprint density at radius 3 is 2.33 bits per heavy atom. The Kier molecular flexibility index (Phi) is 3.71. The second kappa shape index (κ2) is 3.90. The molecule has 0 heterocycles. The van der Waals surface area contributed by atoms with Crippen LogP contribution in [-0.2, 0) is 10.1 Å². The van der Waals surface area contributed by atoms with Crippen LogP contribution in [0.15, 0.2) is 0 Å². The van der Waals surface area contributed by atoms with Crippen molar-refractivity contribution in [3.63, 3.8) is 0 Å². The maximum atomic E-state index is 10.4. The van der Waals surface area contributed by atoms with Gasteiger partial charge in [-0.1, -0.05) is 0 Å². The van der Waals surface area contributed by atoms with Crippen LogP contribution < -0.4 is 0 Å². The number of terminal acetylenes is 1. The van der Waals surface area contributed by atoms with Gasteiger partial charge in [-0.2, -0.15) is 8.42 Å². The van der Waals surface area contributed by atoms with Crippen LogP contribution in [0.3, 0.4) is 0 Å². The Bertz CT molecular complexity index is 274. The molecule has 0 radical (unpaired) electrons. The zero-order chi connectivity index (χ0) is 9.83. The maximum absolute atomic E-state index is 10.4. The van der Waals surface area contributed by atoms with Crippen molar-refractivity contribution in [2.75, 3.05) is 32.9 Å². The summed E-state index contributed by atoms with van der Waals surface area (Å²) in [5, 5.41) is 0. The Balaban J connectivity index is 4.03. The summed E-state index contributed by atoms with van der Waals surface area (Å²) < 4.78 is 29.6. The first kappa shape index (κ1) is 11.4. The zero-order valence-electron chi connectivity index (χ0n) is 7.32. The molecule has 12 heavy (non-hydrogen) atoms. The fraction of sp³-hybridized carbons (Fsp3) is 0.714. The summed E-state index contributed by atoms with van der Waals surface area (Å²) in [4.78, 5) is 0. The molecular weight excluding hydrogens is 178 g/mol. The van der Waals surface area contributed by atoms with E-state index in [1.165, 1.54) is 0 Å². The topological polar surface area (TPSA) is 54.4 Å². The van der Waals surface area contributed by atoms with Crippen molar-refractivity contribution in [1.29, 1.82) is 0 Å². The smallest absolute Gasteiger partial charge is 0.270 e. The van der Waals surface area contributed by atoms with Gasteiger partial charge in [0.2, 0.25) is 0 Å². The van der Waals surface area contributed by atoms with Gasteiger partial charge in [-0.05, 0) is 5.92 Å². The molecule has 5 heteroatoms. The van der Waals surface area contributed by atoms with Crippen molar-refractivity contribution in [2.24, 2.45) is 0 Å². The van der Waals surface area contributed by atoms with Crippen LogP contribution >= 0.6 is 0 Å². The average Bonchev–Trinajstić information content (AvgIpc) is 1.83. The van der Waals surface area contributed by atoms with E-state index in [1.54, 1.807) is 0 Å². The standard InChI is InChI=1S/C7H13NO3S/c1-4-5-8(2,3)6-7-12(9,10)11/h1H,5-7H2,2-3H3/p+1. The molecule has 0 aromatic carbocycles. The Morgan fingerprint density at radius 2 is 2.00 bits per heavy atom. The van der Waals surface area contributed by atoms with E-state index >= 15 is 0 Å². The van der Waals surface area contributed by atoms with Gasteiger partial charge < -0.3 is 4.48 Å². The van der Waals surface area contributed by atoms with Gasteiger partial charge in [0.1, 0.15) is 12.3 Å². The monoisotopic (exact) mass is 192 g/mol. The highest BCUT2D eigenvalue weighted by atomic mass is 32.2. The predicted octanol–water partition coefficient (Wildman–Crippen LogP) is -0.416. The number of nitrogens with zero attached hydrogens (tertiary/aromatic N) is 1. The molecule has 70 valence electrons. The molecule has 0 spiro atoms. The third-order valence-electron chi connectivity index (χ3n) is 1.47. The van der Waals surface area contributed by atoms with E-state index in [9.17, 15) is 8.42 Å². The molecule has 4 nitrogen and oxygen atoms in total. The first-order valence-electron chi connectivity index (χ1n) is 3.47. The van der Waals surface area contributed by atoms with Crippen LogP contribution in [0.5, 0.6) is 0 Å². The summed E-state index contributed by atoms with van der Waals surface area (Å²) in [5.41, 5.74) is 0. The summed E-state index contributed by atoms with van der Waals surface area (Å²) in [6.45, 7) is 0.776. The highest BCUT2D eigenvalue weighted by Crippen LogP contribution is 1.96. The Hall–Kier alpha value is -0.570. The van der Waals surface area contributed by atoms with Gasteiger partial charge in [0.05, 0.1) is 20.6 Å². The van der Waals surface area contributed by atoms with Crippen molar-refractivity contribution in [3.05, 3.63) is 0 Å². The van der Waals surface area contributed by atoms with Gasteiger partial charge in [0.25, 0.3) is 10.1 Å². The molecule has 0 amide bonds. The molecule has 0 fully saturated rings. The van der Waals surface area contributed by atoms with Gasteiger partial charge in [0, 0.05) is 0 Å². The zero-order valence-corrected chi connectivity index (χ0v) is 8.13. The highest BCUT2D eigenvalue weighted by molar-refractivity contribution is 7.85. The first-order chi connectivity index (χ1) is 5.27. The third kappa shape index (κ3) is 6.16. The Labute approximate surface area is 73.5 Å². The fourth-order valence-electron chi connectivity index (χ4n) is 0.689. The van der Waals surface area contributed by atoms with E-state index in [0.29, 0.717) is 17.6 Å². The van der Waals surface area contributed by atoms with E-state index in [1.807, 2.05) is 14.1 Å². The molecular formula is C7H14NO3S+. The molecule has 0 aromatic heterocycles. The minimum atomic E-state index is -3.86. The predicted molar refractivity (Wildman–Crippen MR) is 47.1 cm³/mol. The van der Waals surface area contributed by atoms with Crippen LogP contribution in [0.4, 0.5) is 0 Å². The van der Waals surface area contributed by atoms with Crippen LogP contribution in [0.1, 0.15) is 0 Å². The quantitative estimate of drug-likeness (QED) is 0.374. The second-order valence-electron chi connectivity index (χ2n) is 3.31. The van der Waals surface area contributed by atoms with Gasteiger partial charge in [-0.25, -0.2) is 0 Å². The van der Waals surface area contributed by atoms with Crippen molar-refractivity contribution in [3.8, 4) is 12.3 Å². The molecule has 0 aromatic rings. The minimum Gasteiger partial charge on any atom is -0.317 e. The average molecular weight is 192 g/mol. The molecule has 0 aliphatic carbocycles. The second-order valence-corrected chi connectivity index (χ2v) is 4.88. The summed E-state index contributed by atoms with van der Waals surface area (Å²) in [6, 6.07) is 0. The molecule has 0 bridgehead atoms. The Morgan fingerprint density at radius 1 is 1.50 bits per heavy atom. The molecule has 0 aliphatic heterocycles. The van der Waals surface area contributed by atoms with Crippen LogP contribution in [0.2, 0.25) is 0 Å². The lowest BCUT2D eigenvalue weighted by molar-refractivity contribution is -0.880. The highest BCUT2D eigenvalue weighted by Gasteiger charge is 2.17. The molecule has 0 rings (SSSR count). The lowest BCUT2D eigenvalue weighted by atomic mass is 10.4. The summed E-state index contributed by atoms with van der Waals surface area (Å²) in [7, 11) is -0.239. The molecule has 0 saturated heterocycles. The minimum absolute atomic E-state index is 0.248. The SMILES string of the molecule is C#CC[N+](C)(C)CCS(=O)(=O)O. The lowest BCUT2D eigenvalue weighted by Crippen LogP contribution is -2.43. The number of hydrogen-bond acceptors (Lipinski definition) is 2. The lowest BCUT2D eigenvalue weighted by Gasteiger charge is -2.26. The first-order valence-corrected chi connectivity index (χ1v) is 5.08. The maximum Gasteiger partial charge on any atom is 0.270 e. The molecule has 0 atom stereocenters. The molecule has 0 aliphatic rings. The van der Waals surface area contributed by atoms with Gasteiger partial charge in [-0.15, -0.1) is 6.42 Å². The fourth-order valence-corrected chi connectivity index (χ4v) is 1.41. The van der Waals surface area contributed by atoms with E-state index in [2.05, 4.69) is 5.92 Å². The van der Waals surface area contributed by atoms with Gasteiger partial charge >= 0.3 is 0 Å². The van der Waals surface area contributed by atoms with E-state index in [0.717, 1.165) is 0 Å². The number of hydrogen-bond donors (Lipinski definition) is 1. The van der Waals surface area contributed by atoms with Gasteiger partial charge in [-0.3, -0.25) is 4.55 Å². The third-order valence-corrected chi connectivity index (χ3v) is 2.17. The molecule has 0 unspecified atom stereocenters.